The summed E-state index contributed by atoms with van der Waals surface area (Å²) in [5.41, 5.74) is 8.45. The number of hydrogen-bond donors (Lipinski definition) is 0. The molecule has 15 aromatic rings. The van der Waals surface area contributed by atoms with Crippen LogP contribution in [-0.2, 0) is 5.41 Å². The van der Waals surface area contributed by atoms with Crippen molar-refractivity contribution in [3.8, 4) is 44.8 Å². The maximum atomic E-state index is 9.75. The molecule has 3 heterocycles. The quantitative estimate of drug-likeness (QED) is 0.162. The van der Waals surface area contributed by atoms with E-state index in [0.29, 0.717) is 16.8 Å². The third-order valence-corrected chi connectivity index (χ3v) is 17.3. The number of anilines is 3. The number of nitrogens with zero attached hydrogens (tertiary/aromatic N) is 3. The number of para-hydroxylation sites is 3. The maximum Gasteiger partial charge on any atom is 0.0725 e. The molecule has 12 aromatic carbocycles. The van der Waals surface area contributed by atoms with Gasteiger partial charge in [0.05, 0.1) is 43.9 Å². The molecule has 358 valence electrons. The summed E-state index contributed by atoms with van der Waals surface area (Å²) in [4.78, 5) is 2.25. The summed E-state index contributed by atoms with van der Waals surface area (Å²) in [5.74, 6) is 0. The SMILES string of the molecule is [2H]c1c([2H])c([2H])c2c(c1[2H])-c1cc(-n3c4ccccc4c4ccc(N(c5ccc(-c6cccc7c6sc6ccccc67)cc5)c5ccc(-n6c7ccccc7c7ccccc76)cc5)cc43)ccc1C21c2c([2H])c([2H])c([2H])c([2H])c2-c2c([2H])c([2H])c([2H])c([2H])c21. The standard InChI is InChI=1S/C73H45N3S/c1-8-25-63-53(16-1)54-17-2-9-26-64(54)73(63)65-27-10-3-18-55(65)62-44-50(41-43-66(62)73)76-69-30-13-6-21-58(69)59-42-40-51(45-70(59)76)74(47-34-32-46(33-35-47)52-23-15-24-61-60-22-7-14-31-71(60)77-72(52)61)48-36-38-49(39-37-48)75-67-28-11-4-19-56(67)57-20-5-12-29-68(57)75/h1-45H/i1D,2D,3D,8D,9D,10D,16D,17D,18D,25D,26D,27D. The van der Waals surface area contributed by atoms with E-state index >= 15 is 0 Å². The monoisotopic (exact) mass is 1010 g/mol. The molecule has 1 spiro atoms. The number of hydrogen-bond acceptors (Lipinski definition) is 2. The Balaban J connectivity index is 0.890. The third kappa shape index (κ3) is 5.90. The van der Waals surface area contributed by atoms with Crippen LogP contribution in [0.5, 0.6) is 0 Å². The molecule has 3 nitrogen and oxygen atoms in total. The van der Waals surface area contributed by atoms with Crippen LogP contribution in [0.15, 0.2) is 273 Å². The molecule has 2 aliphatic rings. The Morgan fingerprint density at radius 1 is 0.338 bits per heavy atom. The molecule has 2 aliphatic carbocycles. The summed E-state index contributed by atoms with van der Waals surface area (Å²) in [6.07, 6.45) is 0. The van der Waals surface area contributed by atoms with Crippen molar-refractivity contribution in [1.29, 1.82) is 0 Å². The number of fused-ring (bicyclic) bond motifs is 19. The van der Waals surface area contributed by atoms with E-state index in [2.05, 4.69) is 178 Å². The van der Waals surface area contributed by atoms with E-state index in [1.807, 2.05) is 30.3 Å². The summed E-state index contributed by atoms with van der Waals surface area (Å²) >= 11 is 1.80. The lowest BCUT2D eigenvalue weighted by Crippen LogP contribution is -2.25. The Bertz CT molecular complexity index is 5550. The normalized spacial score (nSPS) is 15.2. The van der Waals surface area contributed by atoms with E-state index in [-0.39, 0.29) is 33.4 Å². The molecule has 0 N–H and O–H groups in total. The summed E-state index contributed by atoms with van der Waals surface area (Å²) in [5, 5.41) is 6.67. The summed E-state index contributed by atoms with van der Waals surface area (Å²) in [6, 6.07) is 62.7. The first-order valence-corrected chi connectivity index (χ1v) is 26.4. The number of benzene rings is 12. The highest BCUT2D eigenvalue weighted by atomic mass is 32.1. The highest BCUT2D eigenvalue weighted by molar-refractivity contribution is 7.26. The highest BCUT2D eigenvalue weighted by Crippen LogP contribution is 2.63. The summed E-state index contributed by atoms with van der Waals surface area (Å²) in [6.45, 7) is 0. The molecular formula is C73H45N3S. The molecule has 0 fully saturated rings. The molecule has 0 bridgehead atoms. The Kier molecular flexibility index (Phi) is 6.82. The van der Waals surface area contributed by atoms with Gasteiger partial charge in [0.2, 0.25) is 0 Å². The molecule has 0 saturated heterocycles. The lowest BCUT2D eigenvalue weighted by molar-refractivity contribution is 0.793. The van der Waals surface area contributed by atoms with Crippen LogP contribution >= 0.6 is 11.3 Å². The van der Waals surface area contributed by atoms with Gasteiger partial charge in [-0.15, -0.1) is 11.3 Å². The molecule has 0 radical (unpaired) electrons. The first-order valence-electron chi connectivity index (χ1n) is 31.6. The van der Waals surface area contributed by atoms with Crippen LogP contribution in [0, 0.1) is 0 Å². The zero-order valence-electron chi connectivity index (χ0n) is 52.8. The van der Waals surface area contributed by atoms with Crippen molar-refractivity contribution >= 4 is 92.2 Å². The van der Waals surface area contributed by atoms with Crippen molar-refractivity contribution in [2.24, 2.45) is 0 Å². The molecule has 0 amide bonds. The van der Waals surface area contributed by atoms with Crippen molar-refractivity contribution in [2.45, 2.75) is 5.41 Å². The molecule has 77 heavy (non-hydrogen) atoms. The summed E-state index contributed by atoms with van der Waals surface area (Å²) in [7, 11) is 0. The van der Waals surface area contributed by atoms with Crippen molar-refractivity contribution in [2.75, 3.05) is 4.90 Å². The average molecular weight is 1010 g/mol. The zero-order chi connectivity index (χ0) is 60.8. The highest BCUT2D eigenvalue weighted by Gasteiger charge is 2.51. The van der Waals surface area contributed by atoms with Crippen LogP contribution in [0.3, 0.4) is 0 Å². The van der Waals surface area contributed by atoms with Crippen LogP contribution in [0.2, 0.25) is 0 Å². The van der Waals surface area contributed by atoms with E-state index in [4.69, 9.17) is 8.22 Å². The first-order chi connectivity index (χ1) is 43.2. The molecular weight excluding hydrogens is 951 g/mol. The molecule has 0 atom stereocenters. The molecule has 3 aromatic heterocycles. The summed E-state index contributed by atoms with van der Waals surface area (Å²) < 4.78 is 118. The van der Waals surface area contributed by atoms with Gasteiger partial charge in [-0.2, -0.15) is 0 Å². The van der Waals surface area contributed by atoms with Gasteiger partial charge in [0.15, 0.2) is 0 Å². The van der Waals surface area contributed by atoms with Gasteiger partial charge in [-0.25, -0.2) is 0 Å². The van der Waals surface area contributed by atoms with Crippen LogP contribution < -0.4 is 4.90 Å². The van der Waals surface area contributed by atoms with E-state index < -0.39 is 77.9 Å². The lowest BCUT2D eigenvalue weighted by atomic mass is 9.70. The second-order valence-corrected chi connectivity index (χ2v) is 20.9. The van der Waals surface area contributed by atoms with Gasteiger partial charge in [0.25, 0.3) is 0 Å². The van der Waals surface area contributed by atoms with Gasteiger partial charge in [-0.1, -0.05) is 188 Å². The Morgan fingerprint density at radius 3 is 1.44 bits per heavy atom. The van der Waals surface area contributed by atoms with Crippen molar-refractivity contribution in [3.05, 3.63) is 295 Å². The minimum atomic E-state index is -2.04. The second-order valence-electron chi connectivity index (χ2n) is 19.8. The van der Waals surface area contributed by atoms with Gasteiger partial charge >= 0.3 is 0 Å². The fraction of sp³-hybridized carbons (Fsp3) is 0.0137. The minimum Gasteiger partial charge on any atom is -0.310 e. The number of rotatable bonds is 6. The predicted molar refractivity (Wildman–Crippen MR) is 324 cm³/mol. The molecule has 0 unspecified atom stereocenters. The van der Waals surface area contributed by atoms with Crippen LogP contribution in [0.25, 0.3) is 109 Å². The van der Waals surface area contributed by atoms with Crippen LogP contribution in [0.4, 0.5) is 17.1 Å². The van der Waals surface area contributed by atoms with Gasteiger partial charge in [-0.05, 0) is 141 Å². The predicted octanol–water partition coefficient (Wildman–Crippen LogP) is 19.7. The topological polar surface area (TPSA) is 13.1 Å². The minimum absolute atomic E-state index is 0.0541. The molecule has 0 aliphatic heterocycles. The molecule has 17 rings (SSSR count). The van der Waals surface area contributed by atoms with Gasteiger partial charge in [0.1, 0.15) is 0 Å². The van der Waals surface area contributed by atoms with Crippen molar-refractivity contribution in [1.82, 2.24) is 9.13 Å². The molecule has 4 heteroatoms. The lowest BCUT2D eigenvalue weighted by Gasteiger charge is -2.30. The van der Waals surface area contributed by atoms with E-state index in [0.717, 1.165) is 66.7 Å². The third-order valence-electron chi connectivity index (χ3n) is 16.1. The fourth-order valence-corrected chi connectivity index (χ4v) is 14.1. The zero-order valence-corrected chi connectivity index (χ0v) is 41.6. The van der Waals surface area contributed by atoms with Crippen LogP contribution in [0.1, 0.15) is 38.7 Å². The average Bonchev–Trinajstić information content (AvgIpc) is 1.49. The smallest absolute Gasteiger partial charge is 0.0725 e. The largest absolute Gasteiger partial charge is 0.310 e. The van der Waals surface area contributed by atoms with E-state index in [9.17, 15) is 8.22 Å². The van der Waals surface area contributed by atoms with Gasteiger partial charge in [-0.3, -0.25) is 0 Å². The number of aromatic nitrogens is 2. The Hall–Kier alpha value is -9.74. The maximum absolute atomic E-state index is 9.75. The van der Waals surface area contributed by atoms with Crippen LogP contribution in [-0.4, -0.2) is 9.13 Å². The molecule has 0 saturated carbocycles. The van der Waals surface area contributed by atoms with Gasteiger partial charge < -0.3 is 14.0 Å². The number of thiophene rings is 1. The second kappa shape index (κ2) is 16.1. The van der Waals surface area contributed by atoms with Crippen molar-refractivity contribution in [3.63, 3.8) is 0 Å². The van der Waals surface area contributed by atoms with Crippen molar-refractivity contribution < 1.29 is 16.4 Å². The Morgan fingerprint density at radius 2 is 0.818 bits per heavy atom. The first kappa shape index (κ1) is 32.5. The van der Waals surface area contributed by atoms with E-state index in [1.54, 1.807) is 17.4 Å². The van der Waals surface area contributed by atoms with E-state index in [1.165, 1.54) is 30.9 Å². The Labute approximate surface area is 465 Å². The van der Waals surface area contributed by atoms with Gasteiger partial charge in [0, 0.05) is 70.2 Å². The fourth-order valence-electron chi connectivity index (χ4n) is 12.9.